The molecule has 0 aromatic heterocycles. The maximum absolute atomic E-state index is 12.1. The Morgan fingerprint density at radius 2 is 1.64 bits per heavy atom. The van der Waals surface area contributed by atoms with E-state index in [4.69, 9.17) is 9.47 Å². The highest BCUT2D eigenvalue weighted by atomic mass is 32.2. The fraction of sp³-hybridized carbons (Fsp3) is 0.435. The Kier molecular flexibility index (Phi) is 9.77. The van der Waals surface area contributed by atoms with E-state index in [1.807, 2.05) is 43.8 Å². The number of rotatable bonds is 12. The molecule has 152 valence electrons. The summed E-state index contributed by atoms with van der Waals surface area (Å²) >= 11 is 1.84. The van der Waals surface area contributed by atoms with E-state index in [9.17, 15) is 4.79 Å². The van der Waals surface area contributed by atoms with Crippen molar-refractivity contribution in [1.82, 2.24) is 5.32 Å². The molecule has 2 rings (SSSR count). The summed E-state index contributed by atoms with van der Waals surface area (Å²) in [5.41, 5.74) is 3.68. The third-order valence-electron chi connectivity index (χ3n) is 4.21. The molecular weight excluding hydrogens is 370 g/mol. The zero-order valence-electron chi connectivity index (χ0n) is 17.1. The van der Waals surface area contributed by atoms with Gasteiger partial charge >= 0.3 is 0 Å². The van der Waals surface area contributed by atoms with E-state index in [-0.39, 0.29) is 5.91 Å². The van der Waals surface area contributed by atoms with E-state index in [0.29, 0.717) is 32.6 Å². The lowest BCUT2D eigenvalue weighted by Gasteiger charge is -2.12. The molecule has 0 saturated heterocycles. The van der Waals surface area contributed by atoms with Gasteiger partial charge in [0.05, 0.1) is 13.2 Å². The molecule has 1 amide bonds. The first-order valence-electron chi connectivity index (χ1n) is 9.90. The molecule has 4 nitrogen and oxygen atoms in total. The van der Waals surface area contributed by atoms with Gasteiger partial charge in [0.1, 0.15) is 0 Å². The Labute approximate surface area is 173 Å². The predicted octanol–water partition coefficient (Wildman–Crippen LogP) is 4.77. The summed E-state index contributed by atoms with van der Waals surface area (Å²) in [6.45, 7) is 7.88. The fourth-order valence-corrected chi connectivity index (χ4v) is 3.55. The van der Waals surface area contributed by atoms with E-state index >= 15 is 0 Å². The van der Waals surface area contributed by atoms with Crippen molar-refractivity contribution in [3.05, 3.63) is 59.2 Å². The van der Waals surface area contributed by atoms with Crippen molar-refractivity contribution < 1.29 is 14.3 Å². The number of ether oxygens (including phenoxy) is 2. The number of carbonyl (C=O) groups excluding carboxylic acids is 1. The lowest BCUT2D eigenvalue weighted by molar-refractivity contribution is -0.120. The van der Waals surface area contributed by atoms with Crippen LogP contribution in [-0.4, -0.2) is 31.4 Å². The topological polar surface area (TPSA) is 47.6 Å². The minimum Gasteiger partial charge on any atom is -0.490 e. The van der Waals surface area contributed by atoms with E-state index in [1.165, 1.54) is 11.1 Å². The van der Waals surface area contributed by atoms with Crippen molar-refractivity contribution in [2.45, 2.75) is 39.4 Å². The van der Waals surface area contributed by atoms with Crippen LogP contribution in [-0.2, 0) is 17.0 Å². The van der Waals surface area contributed by atoms with Crippen LogP contribution in [0.2, 0.25) is 0 Å². The van der Waals surface area contributed by atoms with Crippen LogP contribution in [0, 0.1) is 6.92 Å². The Balaban J connectivity index is 1.67. The van der Waals surface area contributed by atoms with Gasteiger partial charge in [0, 0.05) is 24.5 Å². The standard InChI is InChI=1S/C23H31NO3S/c1-4-26-21-12-10-19(16-22(21)27-5-2)11-13-23(25)24-14-15-28-17-20-8-6-18(3)7-9-20/h6-10,12,16H,4-5,11,13-15,17H2,1-3H3,(H,24,25). The van der Waals surface area contributed by atoms with Crippen LogP contribution in [0.5, 0.6) is 11.5 Å². The molecule has 0 spiro atoms. The monoisotopic (exact) mass is 401 g/mol. The second-order valence-electron chi connectivity index (χ2n) is 6.54. The molecule has 0 bridgehead atoms. The minimum atomic E-state index is 0.0859. The first-order valence-corrected chi connectivity index (χ1v) is 11.1. The Hall–Kier alpha value is -2.14. The summed E-state index contributed by atoms with van der Waals surface area (Å²) in [5, 5.41) is 3.00. The van der Waals surface area contributed by atoms with Crippen LogP contribution in [0.4, 0.5) is 0 Å². The third-order valence-corrected chi connectivity index (χ3v) is 5.24. The molecule has 0 atom stereocenters. The lowest BCUT2D eigenvalue weighted by atomic mass is 10.1. The summed E-state index contributed by atoms with van der Waals surface area (Å²) < 4.78 is 11.2. The molecule has 2 aromatic rings. The highest BCUT2D eigenvalue weighted by Gasteiger charge is 2.08. The smallest absolute Gasteiger partial charge is 0.220 e. The fourth-order valence-electron chi connectivity index (χ4n) is 2.73. The molecule has 0 fully saturated rings. The molecule has 2 aromatic carbocycles. The normalized spacial score (nSPS) is 10.5. The van der Waals surface area contributed by atoms with Crippen molar-refractivity contribution >= 4 is 17.7 Å². The van der Waals surface area contributed by atoms with Gasteiger partial charge in [-0.05, 0) is 50.5 Å². The Morgan fingerprint density at radius 3 is 2.36 bits per heavy atom. The number of carbonyl (C=O) groups is 1. The van der Waals surface area contributed by atoms with Crippen LogP contribution < -0.4 is 14.8 Å². The molecule has 28 heavy (non-hydrogen) atoms. The molecule has 0 heterocycles. The lowest BCUT2D eigenvalue weighted by Crippen LogP contribution is -2.25. The number of thioether (sulfide) groups is 1. The van der Waals surface area contributed by atoms with Gasteiger partial charge in [-0.25, -0.2) is 0 Å². The van der Waals surface area contributed by atoms with Gasteiger partial charge in [0.25, 0.3) is 0 Å². The summed E-state index contributed by atoms with van der Waals surface area (Å²) in [6.07, 6.45) is 1.16. The van der Waals surface area contributed by atoms with Gasteiger partial charge < -0.3 is 14.8 Å². The number of amides is 1. The number of hydrogen-bond acceptors (Lipinski definition) is 4. The van der Waals surface area contributed by atoms with Gasteiger partial charge in [0.2, 0.25) is 5.91 Å². The third kappa shape index (κ3) is 7.85. The van der Waals surface area contributed by atoms with E-state index in [2.05, 4.69) is 36.5 Å². The molecule has 0 radical (unpaired) electrons. The zero-order chi connectivity index (χ0) is 20.2. The molecule has 0 aliphatic carbocycles. The van der Waals surface area contributed by atoms with Crippen LogP contribution in [0.15, 0.2) is 42.5 Å². The second kappa shape index (κ2) is 12.3. The van der Waals surface area contributed by atoms with Crippen LogP contribution in [0.25, 0.3) is 0 Å². The number of nitrogens with one attached hydrogen (secondary N) is 1. The molecule has 0 aliphatic heterocycles. The summed E-state index contributed by atoms with van der Waals surface area (Å²) in [6, 6.07) is 14.5. The first kappa shape index (κ1) is 22.2. The SMILES string of the molecule is CCOc1ccc(CCC(=O)NCCSCc2ccc(C)cc2)cc1OCC. The predicted molar refractivity (Wildman–Crippen MR) is 117 cm³/mol. The van der Waals surface area contributed by atoms with E-state index in [0.717, 1.165) is 28.6 Å². The average molecular weight is 402 g/mol. The van der Waals surface area contributed by atoms with Crippen LogP contribution >= 0.6 is 11.8 Å². The van der Waals surface area contributed by atoms with Crippen molar-refractivity contribution in [3.63, 3.8) is 0 Å². The summed E-state index contributed by atoms with van der Waals surface area (Å²) in [7, 11) is 0. The molecular formula is C23H31NO3S. The molecule has 1 N–H and O–H groups in total. The van der Waals surface area contributed by atoms with Crippen molar-refractivity contribution in [3.8, 4) is 11.5 Å². The van der Waals surface area contributed by atoms with Crippen LogP contribution in [0.1, 0.15) is 37.0 Å². The molecule has 0 saturated carbocycles. The number of hydrogen-bond donors (Lipinski definition) is 1. The average Bonchev–Trinajstić information content (AvgIpc) is 2.69. The largest absolute Gasteiger partial charge is 0.490 e. The van der Waals surface area contributed by atoms with E-state index < -0.39 is 0 Å². The molecule has 0 aliphatic rings. The van der Waals surface area contributed by atoms with Crippen molar-refractivity contribution in [1.29, 1.82) is 0 Å². The first-order chi connectivity index (χ1) is 13.6. The minimum absolute atomic E-state index is 0.0859. The Bertz CT molecular complexity index is 731. The maximum atomic E-state index is 12.1. The number of aryl methyl sites for hydroxylation is 2. The highest BCUT2D eigenvalue weighted by molar-refractivity contribution is 7.98. The van der Waals surface area contributed by atoms with Gasteiger partial charge in [-0.1, -0.05) is 35.9 Å². The van der Waals surface area contributed by atoms with Crippen molar-refractivity contribution in [2.24, 2.45) is 0 Å². The summed E-state index contributed by atoms with van der Waals surface area (Å²) in [5.74, 6) is 3.47. The Morgan fingerprint density at radius 1 is 0.964 bits per heavy atom. The highest BCUT2D eigenvalue weighted by Crippen LogP contribution is 2.29. The summed E-state index contributed by atoms with van der Waals surface area (Å²) in [4.78, 5) is 12.1. The van der Waals surface area contributed by atoms with Gasteiger partial charge in [-0.15, -0.1) is 0 Å². The van der Waals surface area contributed by atoms with Gasteiger partial charge in [0.15, 0.2) is 11.5 Å². The molecule has 0 unspecified atom stereocenters. The van der Waals surface area contributed by atoms with Crippen LogP contribution in [0.3, 0.4) is 0 Å². The van der Waals surface area contributed by atoms with Gasteiger partial charge in [-0.2, -0.15) is 11.8 Å². The molecule has 5 heteroatoms. The van der Waals surface area contributed by atoms with Crippen molar-refractivity contribution in [2.75, 3.05) is 25.5 Å². The van der Waals surface area contributed by atoms with Gasteiger partial charge in [-0.3, -0.25) is 4.79 Å². The quantitative estimate of drug-likeness (QED) is 0.520. The second-order valence-corrected chi connectivity index (χ2v) is 7.64. The number of benzene rings is 2. The van der Waals surface area contributed by atoms with E-state index in [1.54, 1.807) is 0 Å². The maximum Gasteiger partial charge on any atom is 0.220 e. The zero-order valence-corrected chi connectivity index (χ0v) is 17.9.